The van der Waals surface area contributed by atoms with Crippen LogP contribution < -0.4 is 15.1 Å². The fourth-order valence-corrected chi connectivity index (χ4v) is 2.27. The van der Waals surface area contributed by atoms with Gasteiger partial charge in [-0.25, -0.2) is 9.97 Å². The van der Waals surface area contributed by atoms with E-state index in [0.29, 0.717) is 12.0 Å². The van der Waals surface area contributed by atoms with E-state index in [1.54, 1.807) is 6.33 Å². The number of aromatic nitrogens is 2. The summed E-state index contributed by atoms with van der Waals surface area (Å²) in [5.41, 5.74) is 0. The molecule has 1 atom stereocenters. The lowest BCUT2D eigenvalue weighted by molar-refractivity contribution is 0.563. The second-order valence-electron chi connectivity index (χ2n) is 5.69. The minimum absolute atomic E-state index is 0.437. The number of hydrogen-bond acceptors (Lipinski definition) is 5. The zero-order valence-electron chi connectivity index (χ0n) is 12.4. The standard InChI is InChI=1S/C14H25N5/c1-11(2)18(4)13-7-14(17-10-16-13)19-6-5-15-8-12(3)9-19/h7,10-12,15H,5-6,8-9H2,1-4H3. The van der Waals surface area contributed by atoms with Crippen LogP contribution in [-0.2, 0) is 0 Å². The van der Waals surface area contributed by atoms with Crippen molar-refractivity contribution in [3.8, 4) is 0 Å². The molecule has 1 aromatic rings. The van der Waals surface area contributed by atoms with Crippen LogP contribution >= 0.6 is 0 Å². The van der Waals surface area contributed by atoms with Gasteiger partial charge >= 0.3 is 0 Å². The largest absolute Gasteiger partial charge is 0.357 e. The third kappa shape index (κ3) is 3.56. The van der Waals surface area contributed by atoms with E-state index in [4.69, 9.17) is 0 Å². The Balaban J connectivity index is 2.17. The normalized spacial score (nSPS) is 20.5. The van der Waals surface area contributed by atoms with Crippen LogP contribution in [-0.4, -0.2) is 49.2 Å². The first-order valence-corrected chi connectivity index (χ1v) is 7.08. The SMILES string of the molecule is CC1CNCCN(c2cc(N(C)C(C)C)ncn2)C1. The minimum atomic E-state index is 0.437. The third-order valence-corrected chi connectivity index (χ3v) is 3.68. The molecule has 19 heavy (non-hydrogen) atoms. The van der Waals surface area contributed by atoms with Gasteiger partial charge in [-0.3, -0.25) is 0 Å². The molecular weight excluding hydrogens is 238 g/mol. The molecule has 0 amide bonds. The quantitative estimate of drug-likeness (QED) is 0.892. The van der Waals surface area contributed by atoms with Crippen LogP contribution in [0, 0.1) is 5.92 Å². The number of anilines is 2. The third-order valence-electron chi connectivity index (χ3n) is 3.68. The maximum absolute atomic E-state index is 4.44. The highest BCUT2D eigenvalue weighted by Gasteiger charge is 2.17. The zero-order valence-corrected chi connectivity index (χ0v) is 12.4. The summed E-state index contributed by atoms with van der Waals surface area (Å²) >= 11 is 0. The molecule has 0 radical (unpaired) electrons. The molecule has 2 heterocycles. The van der Waals surface area contributed by atoms with E-state index in [2.05, 4.69) is 59.0 Å². The Bertz CT molecular complexity index is 407. The molecule has 1 saturated heterocycles. The summed E-state index contributed by atoms with van der Waals surface area (Å²) in [6.07, 6.45) is 1.67. The topological polar surface area (TPSA) is 44.3 Å². The van der Waals surface area contributed by atoms with Gasteiger partial charge in [-0.15, -0.1) is 0 Å². The first-order valence-electron chi connectivity index (χ1n) is 7.08. The molecule has 1 fully saturated rings. The molecule has 5 nitrogen and oxygen atoms in total. The van der Waals surface area contributed by atoms with Crippen molar-refractivity contribution in [1.82, 2.24) is 15.3 Å². The molecule has 106 valence electrons. The van der Waals surface area contributed by atoms with Crippen LogP contribution in [0.15, 0.2) is 12.4 Å². The molecular formula is C14H25N5. The highest BCUT2D eigenvalue weighted by molar-refractivity contribution is 5.50. The van der Waals surface area contributed by atoms with Crippen molar-refractivity contribution in [3.63, 3.8) is 0 Å². The van der Waals surface area contributed by atoms with Crippen LogP contribution in [0.25, 0.3) is 0 Å². The predicted octanol–water partition coefficient (Wildman–Crippen LogP) is 1.37. The van der Waals surface area contributed by atoms with Gasteiger partial charge < -0.3 is 15.1 Å². The van der Waals surface area contributed by atoms with Crippen LogP contribution in [0.4, 0.5) is 11.6 Å². The number of hydrogen-bond donors (Lipinski definition) is 1. The van der Waals surface area contributed by atoms with Gasteiger partial charge in [-0.1, -0.05) is 6.92 Å². The smallest absolute Gasteiger partial charge is 0.134 e. The maximum Gasteiger partial charge on any atom is 0.134 e. The van der Waals surface area contributed by atoms with Gasteiger partial charge in [-0.05, 0) is 26.3 Å². The van der Waals surface area contributed by atoms with Crippen molar-refractivity contribution < 1.29 is 0 Å². The van der Waals surface area contributed by atoms with Crippen molar-refractivity contribution in [1.29, 1.82) is 0 Å². The molecule has 0 saturated carbocycles. The van der Waals surface area contributed by atoms with Crippen LogP contribution in [0.3, 0.4) is 0 Å². The summed E-state index contributed by atoms with van der Waals surface area (Å²) in [7, 11) is 2.07. The van der Waals surface area contributed by atoms with Crippen LogP contribution in [0.1, 0.15) is 20.8 Å². The fraction of sp³-hybridized carbons (Fsp3) is 0.714. The number of nitrogens with zero attached hydrogens (tertiary/aromatic N) is 4. The Labute approximate surface area is 116 Å². The van der Waals surface area contributed by atoms with E-state index in [9.17, 15) is 0 Å². The molecule has 0 aromatic carbocycles. The molecule has 0 aliphatic carbocycles. The van der Waals surface area contributed by atoms with Gasteiger partial charge in [0, 0.05) is 38.8 Å². The van der Waals surface area contributed by atoms with Gasteiger partial charge in [0.15, 0.2) is 0 Å². The first kappa shape index (κ1) is 14.1. The second-order valence-corrected chi connectivity index (χ2v) is 5.69. The molecule has 1 unspecified atom stereocenters. The van der Waals surface area contributed by atoms with Crippen molar-refractivity contribution >= 4 is 11.6 Å². The Morgan fingerprint density at radius 1 is 1.42 bits per heavy atom. The van der Waals surface area contributed by atoms with Crippen LogP contribution in [0.5, 0.6) is 0 Å². The Kier molecular flexibility index (Phi) is 4.58. The Morgan fingerprint density at radius 2 is 2.21 bits per heavy atom. The second kappa shape index (κ2) is 6.19. The van der Waals surface area contributed by atoms with Gasteiger partial charge in [-0.2, -0.15) is 0 Å². The molecule has 0 spiro atoms. The van der Waals surface area contributed by atoms with Gasteiger partial charge in [0.05, 0.1) is 0 Å². The van der Waals surface area contributed by atoms with Gasteiger partial charge in [0.25, 0.3) is 0 Å². The summed E-state index contributed by atoms with van der Waals surface area (Å²) in [4.78, 5) is 13.3. The summed E-state index contributed by atoms with van der Waals surface area (Å²) in [6.45, 7) is 10.8. The molecule has 1 aliphatic rings. The summed E-state index contributed by atoms with van der Waals surface area (Å²) in [5, 5.41) is 3.46. The van der Waals surface area contributed by atoms with Crippen molar-refractivity contribution in [2.75, 3.05) is 43.0 Å². The van der Waals surface area contributed by atoms with Crippen molar-refractivity contribution in [2.45, 2.75) is 26.8 Å². The predicted molar refractivity (Wildman–Crippen MR) is 79.8 cm³/mol. The Hall–Kier alpha value is -1.36. The van der Waals surface area contributed by atoms with E-state index in [0.717, 1.165) is 37.8 Å². The van der Waals surface area contributed by atoms with E-state index >= 15 is 0 Å². The average Bonchev–Trinajstić information content (AvgIpc) is 2.62. The van der Waals surface area contributed by atoms with E-state index < -0.39 is 0 Å². The van der Waals surface area contributed by atoms with Crippen molar-refractivity contribution in [3.05, 3.63) is 12.4 Å². The van der Waals surface area contributed by atoms with E-state index in [1.807, 2.05) is 0 Å². The molecule has 2 rings (SSSR count). The lowest BCUT2D eigenvalue weighted by atomic mass is 10.2. The van der Waals surface area contributed by atoms with Gasteiger partial charge in [0.2, 0.25) is 0 Å². The average molecular weight is 263 g/mol. The highest BCUT2D eigenvalue weighted by atomic mass is 15.2. The van der Waals surface area contributed by atoms with Gasteiger partial charge in [0.1, 0.15) is 18.0 Å². The van der Waals surface area contributed by atoms with E-state index in [-0.39, 0.29) is 0 Å². The molecule has 5 heteroatoms. The maximum atomic E-state index is 4.44. The summed E-state index contributed by atoms with van der Waals surface area (Å²) < 4.78 is 0. The number of rotatable bonds is 3. The molecule has 1 N–H and O–H groups in total. The zero-order chi connectivity index (χ0) is 13.8. The molecule has 1 aromatic heterocycles. The lowest BCUT2D eigenvalue weighted by Crippen LogP contribution is -2.31. The monoisotopic (exact) mass is 263 g/mol. The van der Waals surface area contributed by atoms with Crippen molar-refractivity contribution in [2.24, 2.45) is 5.92 Å². The molecule has 1 aliphatic heterocycles. The number of nitrogens with one attached hydrogen (secondary N) is 1. The van der Waals surface area contributed by atoms with E-state index in [1.165, 1.54) is 0 Å². The first-order chi connectivity index (χ1) is 9.08. The van der Waals surface area contributed by atoms with Crippen LogP contribution in [0.2, 0.25) is 0 Å². The summed E-state index contributed by atoms with van der Waals surface area (Å²) in [6, 6.07) is 2.53. The Morgan fingerprint density at radius 3 is 2.95 bits per heavy atom. The minimum Gasteiger partial charge on any atom is -0.357 e. The fourth-order valence-electron chi connectivity index (χ4n) is 2.27. The summed E-state index contributed by atoms with van der Waals surface area (Å²) in [5.74, 6) is 2.67. The highest BCUT2D eigenvalue weighted by Crippen LogP contribution is 2.19. The lowest BCUT2D eigenvalue weighted by Gasteiger charge is -2.26. The molecule has 0 bridgehead atoms.